The topological polar surface area (TPSA) is 47.2 Å². The van der Waals surface area contributed by atoms with E-state index in [9.17, 15) is 4.79 Å². The lowest BCUT2D eigenvalue weighted by atomic mass is 10.1. The van der Waals surface area contributed by atoms with Gasteiger partial charge < -0.3 is 9.73 Å². The fourth-order valence-corrected chi connectivity index (χ4v) is 1.80. The highest BCUT2D eigenvalue weighted by Gasteiger charge is 2.05. The van der Waals surface area contributed by atoms with Crippen molar-refractivity contribution in [2.45, 2.75) is 6.42 Å². The van der Waals surface area contributed by atoms with E-state index in [1.807, 2.05) is 18.2 Å². The van der Waals surface area contributed by atoms with Crippen LogP contribution in [0, 0.1) is 0 Å². The molecule has 5 heteroatoms. The number of aromatic nitrogens is 1. The molecule has 0 fully saturated rings. The van der Waals surface area contributed by atoms with Crippen LogP contribution in [0.15, 0.2) is 27.4 Å². The lowest BCUT2D eigenvalue weighted by molar-refractivity contribution is 0.528. The molecule has 0 saturated carbocycles. The Hall–Kier alpha value is -1.20. The molecule has 0 amide bonds. The molecule has 16 heavy (non-hydrogen) atoms. The molecule has 4 nitrogen and oxygen atoms in total. The van der Waals surface area contributed by atoms with Gasteiger partial charge in [-0.25, -0.2) is 4.79 Å². The van der Waals surface area contributed by atoms with Gasteiger partial charge in [-0.3, -0.25) is 4.57 Å². The van der Waals surface area contributed by atoms with Crippen LogP contribution in [0.5, 0.6) is 0 Å². The SMILES string of the molecule is Cn1c(=O)oc2ccc(CCNCS)cc21. The summed E-state index contributed by atoms with van der Waals surface area (Å²) in [5, 5.41) is 3.14. The molecule has 1 N–H and O–H groups in total. The van der Waals surface area contributed by atoms with E-state index in [1.165, 1.54) is 10.1 Å². The van der Waals surface area contributed by atoms with Gasteiger partial charge in [0.25, 0.3) is 0 Å². The van der Waals surface area contributed by atoms with Gasteiger partial charge in [0.15, 0.2) is 5.58 Å². The normalized spacial score (nSPS) is 11.1. The summed E-state index contributed by atoms with van der Waals surface area (Å²) in [4.78, 5) is 11.3. The Balaban J connectivity index is 2.28. The molecular formula is C11H14N2O2S. The average molecular weight is 238 g/mol. The van der Waals surface area contributed by atoms with Crippen molar-refractivity contribution < 1.29 is 4.42 Å². The summed E-state index contributed by atoms with van der Waals surface area (Å²) in [7, 11) is 1.71. The average Bonchev–Trinajstić information content (AvgIpc) is 2.56. The van der Waals surface area contributed by atoms with E-state index in [0.717, 1.165) is 18.5 Å². The summed E-state index contributed by atoms with van der Waals surface area (Å²) < 4.78 is 6.58. The molecule has 0 aliphatic heterocycles. The maximum atomic E-state index is 11.3. The first-order valence-electron chi connectivity index (χ1n) is 5.12. The van der Waals surface area contributed by atoms with Crippen molar-refractivity contribution in [1.82, 2.24) is 9.88 Å². The third-order valence-electron chi connectivity index (χ3n) is 2.56. The quantitative estimate of drug-likeness (QED) is 0.477. The molecule has 1 aromatic heterocycles. The number of aryl methyl sites for hydroxylation is 1. The summed E-state index contributed by atoms with van der Waals surface area (Å²) in [6.45, 7) is 0.876. The molecule has 0 aliphatic carbocycles. The molecular weight excluding hydrogens is 224 g/mol. The third kappa shape index (κ3) is 2.15. The van der Waals surface area contributed by atoms with Gasteiger partial charge in [-0.2, -0.15) is 12.6 Å². The highest BCUT2D eigenvalue weighted by Crippen LogP contribution is 2.14. The molecule has 0 aliphatic rings. The molecule has 2 rings (SSSR count). The second kappa shape index (κ2) is 4.76. The van der Waals surface area contributed by atoms with Crippen LogP contribution >= 0.6 is 12.6 Å². The number of hydrogen-bond donors (Lipinski definition) is 2. The van der Waals surface area contributed by atoms with Crippen molar-refractivity contribution in [3.8, 4) is 0 Å². The van der Waals surface area contributed by atoms with Gasteiger partial charge in [0.1, 0.15) is 0 Å². The Morgan fingerprint density at radius 1 is 1.50 bits per heavy atom. The molecule has 2 aromatic rings. The molecule has 0 atom stereocenters. The second-order valence-electron chi connectivity index (χ2n) is 3.64. The van der Waals surface area contributed by atoms with Crippen LogP contribution in [-0.4, -0.2) is 17.0 Å². The summed E-state index contributed by atoms with van der Waals surface area (Å²) in [5.41, 5.74) is 2.66. The number of benzene rings is 1. The van der Waals surface area contributed by atoms with Crippen LogP contribution < -0.4 is 11.1 Å². The Kier molecular flexibility index (Phi) is 3.36. The van der Waals surface area contributed by atoms with Crippen LogP contribution in [0.1, 0.15) is 5.56 Å². The number of fused-ring (bicyclic) bond motifs is 1. The fourth-order valence-electron chi connectivity index (χ4n) is 1.64. The minimum absolute atomic E-state index is 0.319. The highest BCUT2D eigenvalue weighted by atomic mass is 32.1. The van der Waals surface area contributed by atoms with E-state index >= 15 is 0 Å². The Bertz CT molecular complexity index is 544. The minimum Gasteiger partial charge on any atom is -0.408 e. The lowest BCUT2D eigenvalue weighted by Gasteiger charge is -2.02. The number of hydrogen-bond acceptors (Lipinski definition) is 4. The van der Waals surface area contributed by atoms with E-state index in [0.29, 0.717) is 11.5 Å². The van der Waals surface area contributed by atoms with Crippen LogP contribution in [-0.2, 0) is 13.5 Å². The first kappa shape index (κ1) is 11.3. The van der Waals surface area contributed by atoms with Gasteiger partial charge in [-0.15, -0.1) is 0 Å². The van der Waals surface area contributed by atoms with Crippen molar-refractivity contribution in [3.05, 3.63) is 34.3 Å². The van der Waals surface area contributed by atoms with Gasteiger partial charge in [0.05, 0.1) is 5.52 Å². The van der Waals surface area contributed by atoms with Crippen LogP contribution in [0.25, 0.3) is 11.1 Å². The molecule has 86 valence electrons. The molecule has 0 spiro atoms. The zero-order chi connectivity index (χ0) is 11.5. The number of oxazole rings is 1. The highest BCUT2D eigenvalue weighted by molar-refractivity contribution is 7.80. The van der Waals surface area contributed by atoms with Gasteiger partial charge in [-0.05, 0) is 30.7 Å². The monoisotopic (exact) mass is 238 g/mol. The Morgan fingerprint density at radius 2 is 2.31 bits per heavy atom. The standard InChI is InChI=1S/C11H14N2O2S/c1-13-9-6-8(4-5-12-7-16)2-3-10(9)15-11(13)14/h2-3,6,12,16H,4-5,7H2,1H3. The summed E-state index contributed by atoms with van der Waals surface area (Å²) in [5.74, 6) is 0.354. The van der Waals surface area contributed by atoms with Gasteiger partial charge in [0.2, 0.25) is 0 Å². The van der Waals surface area contributed by atoms with Gasteiger partial charge in [0, 0.05) is 12.9 Å². The second-order valence-corrected chi connectivity index (χ2v) is 3.95. The maximum absolute atomic E-state index is 11.3. The van der Waals surface area contributed by atoms with Crippen molar-refractivity contribution in [2.24, 2.45) is 7.05 Å². The minimum atomic E-state index is -0.319. The van der Waals surface area contributed by atoms with Gasteiger partial charge >= 0.3 is 5.76 Å². The largest absolute Gasteiger partial charge is 0.419 e. The molecule has 1 aromatic carbocycles. The van der Waals surface area contributed by atoms with E-state index in [1.54, 1.807) is 7.05 Å². The van der Waals surface area contributed by atoms with Crippen molar-refractivity contribution >= 4 is 23.7 Å². The molecule has 0 unspecified atom stereocenters. The van der Waals surface area contributed by atoms with E-state index < -0.39 is 0 Å². The lowest BCUT2D eigenvalue weighted by Crippen LogP contribution is -2.14. The van der Waals surface area contributed by atoms with E-state index in [4.69, 9.17) is 4.42 Å². The number of nitrogens with one attached hydrogen (secondary N) is 1. The smallest absolute Gasteiger partial charge is 0.408 e. The fraction of sp³-hybridized carbons (Fsp3) is 0.364. The third-order valence-corrected chi connectivity index (χ3v) is 2.78. The number of thiol groups is 1. The van der Waals surface area contributed by atoms with Crippen molar-refractivity contribution in [3.63, 3.8) is 0 Å². The van der Waals surface area contributed by atoms with Crippen LogP contribution in [0.4, 0.5) is 0 Å². The first-order valence-corrected chi connectivity index (χ1v) is 5.75. The van der Waals surface area contributed by atoms with Gasteiger partial charge in [-0.1, -0.05) is 6.07 Å². The Morgan fingerprint density at radius 3 is 3.06 bits per heavy atom. The van der Waals surface area contributed by atoms with E-state index in [2.05, 4.69) is 17.9 Å². The summed E-state index contributed by atoms with van der Waals surface area (Å²) >= 11 is 4.07. The maximum Gasteiger partial charge on any atom is 0.419 e. The molecule has 0 saturated heterocycles. The number of rotatable bonds is 4. The Labute approximate surface area is 98.7 Å². The van der Waals surface area contributed by atoms with E-state index in [-0.39, 0.29) is 5.76 Å². The summed E-state index contributed by atoms with van der Waals surface area (Å²) in [6, 6.07) is 5.80. The van der Waals surface area contributed by atoms with Crippen LogP contribution in [0.3, 0.4) is 0 Å². The zero-order valence-electron chi connectivity index (χ0n) is 9.06. The molecule has 0 bridgehead atoms. The molecule has 0 radical (unpaired) electrons. The first-order chi connectivity index (χ1) is 7.72. The molecule has 1 heterocycles. The zero-order valence-corrected chi connectivity index (χ0v) is 9.96. The summed E-state index contributed by atoms with van der Waals surface area (Å²) in [6.07, 6.45) is 0.913. The number of nitrogens with zero attached hydrogens (tertiary/aromatic N) is 1. The van der Waals surface area contributed by atoms with Crippen molar-refractivity contribution in [2.75, 3.05) is 12.4 Å². The predicted molar refractivity (Wildman–Crippen MR) is 67.0 cm³/mol. The van der Waals surface area contributed by atoms with Crippen molar-refractivity contribution in [1.29, 1.82) is 0 Å². The van der Waals surface area contributed by atoms with Crippen LogP contribution in [0.2, 0.25) is 0 Å². The predicted octanol–water partition coefficient (Wildman–Crippen LogP) is 1.15.